The van der Waals surface area contributed by atoms with Gasteiger partial charge in [0.05, 0.1) is 0 Å². The molecule has 1 saturated carbocycles. The summed E-state index contributed by atoms with van der Waals surface area (Å²) in [6, 6.07) is 15.4. The van der Waals surface area contributed by atoms with Crippen LogP contribution in [0, 0.1) is 6.92 Å². The van der Waals surface area contributed by atoms with E-state index in [2.05, 4.69) is 36.5 Å². The van der Waals surface area contributed by atoms with Gasteiger partial charge in [-0.3, -0.25) is 0 Å². The van der Waals surface area contributed by atoms with Gasteiger partial charge in [-0.25, -0.2) is 0 Å². The Balaban J connectivity index is 1.97. The van der Waals surface area contributed by atoms with Crippen LogP contribution in [0.15, 0.2) is 42.5 Å². The maximum absolute atomic E-state index is 6.34. The number of nitrogens with one attached hydrogen (secondary N) is 1. The maximum atomic E-state index is 6.34. The second-order valence-corrected chi connectivity index (χ2v) is 5.70. The Bertz CT molecular complexity index is 588. The van der Waals surface area contributed by atoms with Crippen LogP contribution in [0.2, 0.25) is 5.02 Å². The molecule has 1 aliphatic rings. The lowest BCUT2D eigenvalue weighted by Gasteiger charge is -2.13. The first-order valence-corrected chi connectivity index (χ1v) is 7.19. The van der Waals surface area contributed by atoms with Gasteiger partial charge in [-0.2, -0.15) is 0 Å². The molecule has 19 heavy (non-hydrogen) atoms. The van der Waals surface area contributed by atoms with Crippen molar-refractivity contribution in [1.29, 1.82) is 0 Å². The van der Waals surface area contributed by atoms with Gasteiger partial charge in [0, 0.05) is 23.2 Å². The number of hydrogen-bond donors (Lipinski definition) is 1. The predicted molar refractivity (Wildman–Crippen MR) is 81.5 cm³/mol. The van der Waals surface area contributed by atoms with Gasteiger partial charge in [-0.05, 0) is 37.0 Å². The van der Waals surface area contributed by atoms with E-state index in [4.69, 9.17) is 11.6 Å². The molecule has 0 atom stereocenters. The molecule has 98 valence electrons. The molecule has 0 saturated heterocycles. The third kappa shape index (κ3) is 2.99. The summed E-state index contributed by atoms with van der Waals surface area (Å²) in [7, 11) is 0. The van der Waals surface area contributed by atoms with E-state index in [1.807, 2.05) is 18.2 Å². The van der Waals surface area contributed by atoms with Crippen molar-refractivity contribution >= 4 is 11.6 Å². The standard InChI is InChI=1S/C17H18ClN/c1-12-6-7-13(11-19-14-8-9-14)16(10-12)15-4-2-3-5-17(15)18/h2-7,10,14,19H,8-9,11H2,1H3. The van der Waals surface area contributed by atoms with Crippen LogP contribution in [0.3, 0.4) is 0 Å². The third-order valence-corrected chi connectivity index (χ3v) is 3.92. The molecule has 0 unspecified atom stereocenters. The molecule has 1 aliphatic carbocycles. The Hall–Kier alpha value is -1.31. The molecule has 0 bridgehead atoms. The van der Waals surface area contributed by atoms with E-state index in [0.29, 0.717) is 0 Å². The number of aryl methyl sites for hydroxylation is 1. The number of rotatable bonds is 4. The molecule has 2 aromatic carbocycles. The van der Waals surface area contributed by atoms with E-state index in [0.717, 1.165) is 23.2 Å². The second kappa shape index (κ2) is 5.36. The molecule has 1 N–H and O–H groups in total. The number of hydrogen-bond acceptors (Lipinski definition) is 1. The Kier molecular flexibility index (Phi) is 3.58. The lowest BCUT2D eigenvalue weighted by atomic mass is 9.97. The minimum Gasteiger partial charge on any atom is -0.310 e. The van der Waals surface area contributed by atoms with Crippen LogP contribution in [-0.4, -0.2) is 6.04 Å². The van der Waals surface area contributed by atoms with Crippen molar-refractivity contribution < 1.29 is 0 Å². The molecule has 1 fully saturated rings. The summed E-state index contributed by atoms with van der Waals surface area (Å²) in [5.41, 5.74) is 4.97. The zero-order valence-electron chi connectivity index (χ0n) is 11.1. The van der Waals surface area contributed by atoms with Crippen molar-refractivity contribution in [3.05, 3.63) is 58.6 Å². The minimum atomic E-state index is 0.723. The summed E-state index contributed by atoms with van der Waals surface area (Å²) in [5, 5.41) is 4.40. The topological polar surface area (TPSA) is 12.0 Å². The summed E-state index contributed by atoms with van der Waals surface area (Å²) in [6.07, 6.45) is 2.63. The van der Waals surface area contributed by atoms with Gasteiger partial charge in [0.2, 0.25) is 0 Å². The number of benzene rings is 2. The average molecular weight is 272 g/mol. The van der Waals surface area contributed by atoms with Crippen LogP contribution < -0.4 is 5.32 Å². The number of halogens is 1. The molecule has 0 amide bonds. The molecule has 0 radical (unpaired) electrons. The lowest BCUT2D eigenvalue weighted by molar-refractivity contribution is 0.688. The first-order chi connectivity index (χ1) is 9.24. The van der Waals surface area contributed by atoms with E-state index in [-0.39, 0.29) is 0 Å². The van der Waals surface area contributed by atoms with Crippen molar-refractivity contribution in [3.8, 4) is 11.1 Å². The highest BCUT2D eigenvalue weighted by Crippen LogP contribution is 2.31. The fourth-order valence-electron chi connectivity index (χ4n) is 2.32. The Labute approximate surface area is 119 Å². The Morgan fingerprint density at radius 3 is 2.63 bits per heavy atom. The Morgan fingerprint density at radius 2 is 1.89 bits per heavy atom. The van der Waals surface area contributed by atoms with Crippen LogP contribution in [0.4, 0.5) is 0 Å². The molecule has 0 spiro atoms. The molecule has 0 aromatic heterocycles. The summed E-state index contributed by atoms with van der Waals surface area (Å²) in [6.45, 7) is 3.05. The van der Waals surface area contributed by atoms with Crippen LogP contribution in [0.5, 0.6) is 0 Å². The highest BCUT2D eigenvalue weighted by atomic mass is 35.5. The van der Waals surface area contributed by atoms with Crippen molar-refractivity contribution in [2.45, 2.75) is 32.4 Å². The average Bonchev–Trinajstić information content (AvgIpc) is 3.22. The van der Waals surface area contributed by atoms with Crippen LogP contribution in [0.25, 0.3) is 11.1 Å². The van der Waals surface area contributed by atoms with Gasteiger partial charge in [-0.15, -0.1) is 0 Å². The second-order valence-electron chi connectivity index (χ2n) is 5.30. The summed E-state index contributed by atoms with van der Waals surface area (Å²) < 4.78 is 0. The SMILES string of the molecule is Cc1ccc(CNC2CC2)c(-c2ccccc2Cl)c1. The lowest BCUT2D eigenvalue weighted by Crippen LogP contribution is -2.15. The summed E-state index contributed by atoms with van der Waals surface area (Å²) in [4.78, 5) is 0. The highest BCUT2D eigenvalue weighted by Gasteiger charge is 2.20. The first kappa shape index (κ1) is 12.7. The van der Waals surface area contributed by atoms with Crippen molar-refractivity contribution in [3.63, 3.8) is 0 Å². The minimum absolute atomic E-state index is 0.723. The van der Waals surface area contributed by atoms with E-state index in [1.165, 1.54) is 29.5 Å². The van der Waals surface area contributed by atoms with E-state index < -0.39 is 0 Å². The van der Waals surface area contributed by atoms with Gasteiger partial charge in [-0.1, -0.05) is 53.6 Å². The van der Waals surface area contributed by atoms with E-state index in [9.17, 15) is 0 Å². The quantitative estimate of drug-likeness (QED) is 0.859. The fourth-order valence-corrected chi connectivity index (χ4v) is 2.55. The van der Waals surface area contributed by atoms with Gasteiger partial charge < -0.3 is 5.32 Å². The molecule has 0 aliphatic heterocycles. The van der Waals surface area contributed by atoms with Gasteiger partial charge >= 0.3 is 0 Å². The Morgan fingerprint density at radius 1 is 1.11 bits per heavy atom. The monoisotopic (exact) mass is 271 g/mol. The molecule has 2 aromatic rings. The summed E-state index contributed by atoms with van der Waals surface area (Å²) in [5.74, 6) is 0. The third-order valence-electron chi connectivity index (χ3n) is 3.59. The molecule has 2 heteroatoms. The summed E-state index contributed by atoms with van der Waals surface area (Å²) >= 11 is 6.34. The molecular weight excluding hydrogens is 254 g/mol. The van der Waals surface area contributed by atoms with Gasteiger partial charge in [0.15, 0.2) is 0 Å². The fraction of sp³-hybridized carbons (Fsp3) is 0.294. The van der Waals surface area contributed by atoms with E-state index >= 15 is 0 Å². The molecule has 3 rings (SSSR count). The largest absolute Gasteiger partial charge is 0.310 e. The molecule has 1 nitrogen and oxygen atoms in total. The maximum Gasteiger partial charge on any atom is 0.0484 e. The van der Waals surface area contributed by atoms with Crippen LogP contribution in [-0.2, 0) is 6.54 Å². The van der Waals surface area contributed by atoms with Gasteiger partial charge in [0.1, 0.15) is 0 Å². The molecular formula is C17H18ClN. The smallest absolute Gasteiger partial charge is 0.0484 e. The van der Waals surface area contributed by atoms with Crippen molar-refractivity contribution in [1.82, 2.24) is 5.32 Å². The van der Waals surface area contributed by atoms with E-state index in [1.54, 1.807) is 0 Å². The normalized spacial score (nSPS) is 14.6. The van der Waals surface area contributed by atoms with Crippen LogP contribution >= 0.6 is 11.6 Å². The van der Waals surface area contributed by atoms with Crippen LogP contribution in [0.1, 0.15) is 24.0 Å². The predicted octanol–water partition coefficient (Wildman–Crippen LogP) is 4.57. The van der Waals surface area contributed by atoms with Gasteiger partial charge in [0.25, 0.3) is 0 Å². The van der Waals surface area contributed by atoms with Crippen molar-refractivity contribution in [2.75, 3.05) is 0 Å². The zero-order valence-corrected chi connectivity index (χ0v) is 11.9. The molecule has 0 heterocycles. The first-order valence-electron chi connectivity index (χ1n) is 6.82. The van der Waals surface area contributed by atoms with Crippen molar-refractivity contribution in [2.24, 2.45) is 0 Å². The zero-order chi connectivity index (χ0) is 13.2. The highest BCUT2D eigenvalue weighted by molar-refractivity contribution is 6.33.